The van der Waals surface area contributed by atoms with Gasteiger partial charge in [0.25, 0.3) is 0 Å². The van der Waals surface area contributed by atoms with Gasteiger partial charge < -0.3 is 27.0 Å². The third-order valence-electron chi connectivity index (χ3n) is 2.95. The van der Waals surface area contributed by atoms with Crippen LogP contribution in [0.3, 0.4) is 0 Å². The molecule has 0 aromatic carbocycles. The van der Waals surface area contributed by atoms with E-state index in [0.29, 0.717) is 11.2 Å². The van der Waals surface area contributed by atoms with Gasteiger partial charge in [-0.15, -0.1) is 0 Å². The highest BCUT2D eigenvalue weighted by molar-refractivity contribution is 7.80. The molecule has 0 saturated carbocycles. The minimum Gasteiger partial charge on any atom is -0.393 e. The van der Waals surface area contributed by atoms with Crippen LogP contribution in [0.4, 0.5) is 5.82 Å². The molecule has 144 valence electrons. The van der Waals surface area contributed by atoms with Gasteiger partial charge in [0, 0.05) is 0 Å². The van der Waals surface area contributed by atoms with E-state index >= 15 is 0 Å². The molecule has 0 aliphatic heterocycles. The number of nitrogens with two attached hydrogens (primary N) is 3. The van der Waals surface area contributed by atoms with Crippen molar-refractivity contribution in [1.82, 2.24) is 30.4 Å². The summed E-state index contributed by atoms with van der Waals surface area (Å²) < 4.78 is 7.30. The Morgan fingerprint density at radius 1 is 1.22 bits per heavy atom. The van der Waals surface area contributed by atoms with E-state index in [0.717, 1.165) is 0 Å². The van der Waals surface area contributed by atoms with Gasteiger partial charge in [0.2, 0.25) is 0 Å². The van der Waals surface area contributed by atoms with Crippen LogP contribution in [0.25, 0.3) is 11.2 Å². The first-order chi connectivity index (χ1) is 12.9. The van der Waals surface area contributed by atoms with Gasteiger partial charge >= 0.3 is 0 Å². The highest BCUT2D eigenvalue weighted by Crippen LogP contribution is 2.19. The summed E-state index contributed by atoms with van der Waals surface area (Å²) in [5, 5.41) is 17.1. The lowest BCUT2D eigenvalue weighted by atomic mass is 10.4. The van der Waals surface area contributed by atoms with Crippen molar-refractivity contribution in [3.63, 3.8) is 0 Å². The molecular formula is C12H17N11O2S2. The van der Waals surface area contributed by atoms with Crippen molar-refractivity contribution < 1.29 is 9.84 Å². The molecule has 2 aromatic rings. The predicted molar refractivity (Wildman–Crippen MR) is 108 cm³/mol. The number of nitrogens with one attached hydrogen (secondary N) is 2. The van der Waals surface area contributed by atoms with Gasteiger partial charge in [0.15, 0.2) is 27.9 Å². The molecule has 13 nitrogen and oxygen atoms in total. The Morgan fingerprint density at radius 2 is 1.89 bits per heavy atom. The van der Waals surface area contributed by atoms with E-state index in [2.05, 4.69) is 48.2 Å². The zero-order valence-electron chi connectivity index (χ0n) is 13.8. The van der Waals surface area contributed by atoms with Crippen molar-refractivity contribution in [3.05, 3.63) is 12.7 Å². The summed E-state index contributed by atoms with van der Waals surface area (Å²) in [7, 11) is 0. The molecule has 0 saturated heterocycles. The summed E-state index contributed by atoms with van der Waals surface area (Å²) in [4.78, 5) is 12.2. The van der Waals surface area contributed by atoms with Crippen LogP contribution in [0.15, 0.2) is 22.9 Å². The maximum atomic E-state index is 9.53. The number of rotatable bonds is 8. The molecule has 0 radical (unpaired) electrons. The molecule has 0 aliphatic carbocycles. The predicted octanol–water partition coefficient (Wildman–Crippen LogP) is -2.08. The number of hydrogen-bond donors (Lipinski definition) is 6. The molecule has 0 aliphatic rings. The first-order valence-electron chi connectivity index (χ1n) is 7.29. The molecule has 2 aromatic heterocycles. The van der Waals surface area contributed by atoms with Crippen LogP contribution in [-0.4, -0.2) is 60.0 Å². The molecular weight excluding hydrogens is 394 g/mol. The van der Waals surface area contributed by atoms with Crippen LogP contribution in [-0.2, 0) is 4.74 Å². The Kier molecular flexibility index (Phi) is 7.24. The van der Waals surface area contributed by atoms with Crippen LogP contribution in [0.1, 0.15) is 6.23 Å². The lowest BCUT2D eigenvalue weighted by molar-refractivity contribution is 0.00129. The zero-order chi connectivity index (χ0) is 19.8. The molecule has 15 heteroatoms. The number of ether oxygens (including phenoxy) is 1. The van der Waals surface area contributed by atoms with Gasteiger partial charge in [-0.2, -0.15) is 10.2 Å². The number of fused-ring (bicyclic) bond motifs is 1. The lowest BCUT2D eigenvalue weighted by Crippen LogP contribution is -2.30. The summed E-state index contributed by atoms with van der Waals surface area (Å²) in [5.74, 6) is 0.205. The Balaban J connectivity index is 2.31. The molecule has 9 N–H and O–H groups in total. The third-order valence-corrected chi connectivity index (χ3v) is 3.13. The summed E-state index contributed by atoms with van der Waals surface area (Å²) in [6.45, 7) is -0.390. The highest BCUT2D eigenvalue weighted by Gasteiger charge is 2.19. The number of hydrazone groups is 2. The number of hydrogen-bond acceptors (Lipinski definition) is 10. The molecule has 1 unspecified atom stereocenters. The lowest BCUT2D eigenvalue weighted by Gasteiger charge is -2.19. The second-order valence-corrected chi connectivity index (χ2v) is 5.72. The Labute approximate surface area is 163 Å². The van der Waals surface area contributed by atoms with Gasteiger partial charge in [-0.05, 0) is 24.4 Å². The monoisotopic (exact) mass is 411 g/mol. The minimum absolute atomic E-state index is 0.0329. The van der Waals surface area contributed by atoms with Crippen molar-refractivity contribution >= 4 is 64.1 Å². The van der Waals surface area contributed by atoms with Crippen molar-refractivity contribution in [3.8, 4) is 0 Å². The smallest absolute Gasteiger partial charge is 0.184 e. The third kappa shape index (κ3) is 5.74. The van der Waals surface area contributed by atoms with E-state index in [1.165, 1.54) is 29.7 Å². The van der Waals surface area contributed by atoms with Crippen LogP contribution in [0, 0.1) is 0 Å². The van der Waals surface area contributed by atoms with Crippen molar-refractivity contribution in [2.75, 3.05) is 12.3 Å². The molecule has 2 atom stereocenters. The fourth-order valence-corrected chi connectivity index (χ4v) is 1.99. The Hall–Kier alpha value is -3.01. The number of aliphatic hydroxyl groups is 1. The second-order valence-electron chi connectivity index (χ2n) is 4.84. The first-order valence-corrected chi connectivity index (χ1v) is 8.10. The van der Waals surface area contributed by atoms with Crippen molar-refractivity contribution in [1.29, 1.82) is 0 Å². The standard InChI is InChI=1S/C12H17N11O2S2/c13-9-8-10(17-4-16-9)23(5-18-8)7(2-20-22-12(15)27)25-6(3-24)1-19-21-11(14)26/h1-2,4-7,24H,3H2,(H2,13,16,17)(H3,14,21,26)(H3,15,22,27)/b19-1+,20-2+/t6-,7?/m0/s1. The molecule has 2 heterocycles. The van der Waals surface area contributed by atoms with Gasteiger partial charge in [0.1, 0.15) is 17.9 Å². The van der Waals surface area contributed by atoms with E-state index < -0.39 is 12.3 Å². The Morgan fingerprint density at radius 3 is 2.52 bits per heavy atom. The molecule has 27 heavy (non-hydrogen) atoms. The average molecular weight is 411 g/mol. The van der Waals surface area contributed by atoms with Crippen LogP contribution in [0.5, 0.6) is 0 Å². The average Bonchev–Trinajstić information content (AvgIpc) is 3.04. The van der Waals surface area contributed by atoms with E-state index in [-0.39, 0.29) is 22.6 Å². The maximum absolute atomic E-state index is 9.53. The topological polar surface area (TPSA) is 200 Å². The van der Waals surface area contributed by atoms with E-state index in [1.807, 2.05) is 0 Å². The fourth-order valence-electron chi connectivity index (χ4n) is 1.88. The number of thiocarbonyl (C=S) groups is 2. The zero-order valence-corrected chi connectivity index (χ0v) is 15.4. The number of nitrogens with zero attached hydrogens (tertiary/aromatic N) is 6. The molecule has 0 bridgehead atoms. The van der Waals surface area contributed by atoms with Crippen molar-refractivity contribution in [2.24, 2.45) is 21.7 Å². The number of nitrogen functional groups attached to an aromatic ring is 1. The van der Waals surface area contributed by atoms with Crippen LogP contribution >= 0.6 is 24.4 Å². The molecule has 0 spiro atoms. The van der Waals surface area contributed by atoms with E-state index in [9.17, 15) is 5.11 Å². The van der Waals surface area contributed by atoms with Gasteiger partial charge in [-0.1, -0.05) is 0 Å². The number of aromatic nitrogens is 4. The Bertz CT molecular complexity index is 868. The van der Waals surface area contributed by atoms with Crippen LogP contribution < -0.4 is 28.1 Å². The highest BCUT2D eigenvalue weighted by atomic mass is 32.1. The summed E-state index contributed by atoms with van der Waals surface area (Å²) in [6, 6.07) is 0. The fraction of sp³-hybridized carbons (Fsp3) is 0.250. The molecule has 0 amide bonds. The number of imidazole rings is 1. The first kappa shape index (κ1) is 20.3. The van der Waals surface area contributed by atoms with E-state index in [4.69, 9.17) is 34.2 Å². The summed E-state index contributed by atoms with van der Waals surface area (Å²) in [5.41, 5.74) is 22.0. The number of anilines is 1. The minimum atomic E-state index is -0.875. The van der Waals surface area contributed by atoms with Crippen molar-refractivity contribution in [2.45, 2.75) is 12.3 Å². The molecule has 0 fully saturated rings. The summed E-state index contributed by atoms with van der Waals surface area (Å²) in [6.07, 6.45) is 3.63. The largest absolute Gasteiger partial charge is 0.393 e. The van der Waals surface area contributed by atoms with Crippen LogP contribution in [0.2, 0.25) is 0 Å². The van der Waals surface area contributed by atoms with E-state index in [1.54, 1.807) is 0 Å². The quantitative estimate of drug-likeness (QED) is 0.158. The van der Waals surface area contributed by atoms with Gasteiger partial charge in [-0.3, -0.25) is 15.4 Å². The van der Waals surface area contributed by atoms with Gasteiger partial charge in [-0.25, -0.2) is 15.0 Å². The second kappa shape index (κ2) is 9.62. The normalized spacial score (nSPS) is 13.8. The molecule has 2 rings (SSSR count). The summed E-state index contributed by atoms with van der Waals surface area (Å²) >= 11 is 9.34. The van der Waals surface area contributed by atoms with Gasteiger partial charge in [0.05, 0.1) is 25.4 Å². The number of aliphatic hydroxyl groups excluding tert-OH is 1. The SMILES string of the molecule is NC(=S)N/N=C/C(O[C@@H](/C=N/NC(N)=S)CO)n1cnc2c(N)ncnc21. The maximum Gasteiger partial charge on any atom is 0.184 e.